The lowest BCUT2D eigenvalue weighted by Gasteiger charge is -2.33. The molecule has 0 spiro atoms. The Bertz CT molecular complexity index is 1510. The van der Waals surface area contributed by atoms with Crippen molar-refractivity contribution in [1.82, 2.24) is 20.6 Å². The molecule has 9 heteroatoms. The van der Waals surface area contributed by atoms with Gasteiger partial charge in [-0.25, -0.2) is 9.37 Å². The van der Waals surface area contributed by atoms with Gasteiger partial charge in [0, 0.05) is 11.4 Å². The Labute approximate surface area is 258 Å². The molecule has 3 aliphatic rings. The van der Waals surface area contributed by atoms with Crippen molar-refractivity contribution in [1.29, 1.82) is 0 Å². The van der Waals surface area contributed by atoms with E-state index in [2.05, 4.69) is 67.2 Å². The Hall–Kier alpha value is -3.72. The van der Waals surface area contributed by atoms with E-state index in [1.807, 2.05) is 30.5 Å². The number of nitrogens with zero attached hydrogens (tertiary/aromatic N) is 2. The monoisotopic (exact) mass is 600 g/mol. The maximum absolute atomic E-state index is 13.9. The van der Waals surface area contributed by atoms with Crippen LogP contribution >= 0.6 is 12.4 Å². The molecule has 224 valence electrons. The summed E-state index contributed by atoms with van der Waals surface area (Å²) in [4.78, 5) is 23.1. The van der Waals surface area contributed by atoms with Gasteiger partial charge in [0.25, 0.3) is 0 Å². The van der Waals surface area contributed by atoms with Crippen LogP contribution in [0.4, 0.5) is 15.8 Å². The average Bonchev–Trinajstić information content (AvgIpc) is 3.85. The number of halogens is 2. The van der Waals surface area contributed by atoms with Gasteiger partial charge in [-0.2, -0.15) is 0 Å². The van der Waals surface area contributed by atoms with E-state index in [1.165, 1.54) is 29.7 Å². The zero-order valence-corrected chi connectivity index (χ0v) is 24.9. The molecule has 4 heterocycles. The molecule has 0 saturated carbocycles. The number of aromatic nitrogens is 2. The number of nitrogens with one attached hydrogen (secondary N) is 4. The molecule has 0 radical (unpaired) electrons. The second kappa shape index (κ2) is 12.9. The quantitative estimate of drug-likeness (QED) is 0.187. The molecular weight excluding hydrogens is 563 g/mol. The normalized spacial score (nSPS) is 23.3. The van der Waals surface area contributed by atoms with Crippen molar-refractivity contribution in [3.05, 3.63) is 102 Å². The molecule has 7 rings (SSSR count). The number of aromatic amines is 1. The molecule has 0 bridgehead atoms. The van der Waals surface area contributed by atoms with Gasteiger partial charge in [0.05, 0.1) is 36.1 Å². The zero-order valence-electron chi connectivity index (χ0n) is 24.1. The highest BCUT2D eigenvalue weighted by Crippen LogP contribution is 2.47. The summed E-state index contributed by atoms with van der Waals surface area (Å²) in [5.41, 5.74) is 6.36. The van der Waals surface area contributed by atoms with E-state index in [9.17, 15) is 9.18 Å². The van der Waals surface area contributed by atoms with Crippen LogP contribution in [0.25, 0.3) is 11.3 Å². The van der Waals surface area contributed by atoms with Crippen LogP contribution in [0, 0.1) is 5.82 Å². The zero-order chi connectivity index (χ0) is 28.5. The first kappa shape index (κ1) is 29.4. The van der Waals surface area contributed by atoms with E-state index in [0.717, 1.165) is 73.7 Å². The Balaban J connectivity index is 0.00000329. The van der Waals surface area contributed by atoms with Gasteiger partial charge >= 0.3 is 0 Å². The van der Waals surface area contributed by atoms with Crippen LogP contribution in [0.2, 0.25) is 0 Å². The van der Waals surface area contributed by atoms with Crippen molar-refractivity contribution in [2.75, 3.05) is 23.3 Å². The molecule has 3 unspecified atom stereocenters. The molecule has 7 nitrogen and oxygen atoms in total. The highest BCUT2D eigenvalue weighted by Gasteiger charge is 2.35. The minimum absolute atomic E-state index is 0. The molecule has 1 amide bonds. The highest BCUT2D eigenvalue weighted by molar-refractivity contribution is 5.95. The molecule has 3 fully saturated rings. The third kappa shape index (κ3) is 6.18. The highest BCUT2D eigenvalue weighted by atomic mass is 35.5. The molecule has 1 aromatic heterocycles. The molecular formula is C34H38ClFN6O. The van der Waals surface area contributed by atoms with Crippen LogP contribution in [0.3, 0.4) is 0 Å². The minimum Gasteiger partial charge on any atom is -0.357 e. The van der Waals surface area contributed by atoms with Gasteiger partial charge in [-0.1, -0.05) is 36.4 Å². The van der Waals surface area contributed by atoms with Crippen LogP contribution in [-0.4, -0.2) is 35.0 Å². The predicted octanol–water partition coefficient (Wildman–Crippen LogP) is 6.84. The Morgan fingerprint density at radius 2 is 1.47 bits per heavy atom. The first-order valence-electron chi connectivity index (χ1n) is 15.2. The summed E-state index contributed by atoms with van der Waals surface area (Å²) in [7, 11) is 0. The summed E-state index contributed by atoms with van der Waals surface area (Å²) in [5.74, 6) is 0.798. The molecule has 4 N–H and O–H groups in total. The van der Waals surface area contributed by atoms with Crippen LogP contribution in [-0.2, 0) is 4.79 Å². The van der Waals surface area contributed by atoms with Crippen molar-refractivity contribution in [2.24, 2.45) is 0 Å². The van der Waals surface area contributed by atoms with Crippen molar-refractivity contribution in [3.8, 4) is 11.3 Å². The Morgan fingerprint density at radius 3 is 2.09 bits per heavy atom. The van der Waals surface area contributed by atoms with Gasteiger partial charge < -0.3 is 25.8 Å². The number of carbonyl (C=O) groups is 1. The minimum atomic E-state index is -0.237. The summed E-state index contributed by atoms with van der Waals surface area (Å²) in [6.45, 7) is 1.94. The van der Waals surface area contributed by atoms with Gasteiger partial charge in [-0.15, -0.1) is 12.4 Å². The summed E-state index contributed by atoms with van der Waals surface area (Å²) in [6, 6.07) is 24.3. The molecule has 0 aliphatic carbocycles. The smallest absolute Gasteiger partial charge is 0.241 e. The SMILES string of the molecule is Cl.O=C(Nc1ccc(C2CCC(c3ccc(-c4cnc([C@@H]5CCCN5)[nH]4)cc3)N2c2ccc(F)cc2)cc1)C1CCCN1. The van der Waals surface area contributed by atoms with E-state index >= 15 is 0 Å². The largest absolute Gasteiger partial charge is 0.357 e. The number of amides is 1. The molecule has 3 saturated heterocycles. The van der Waals surface area contributed by atoms with Crippen molar-refractivity contribution >= 4 is 29.7 Å². The molecule has 4 aromatic rings. The number of hydrogen-bond donors (Lipinski definition) is 4. The standard InChI is InChI=1S/C34H37FN6O.ClH/c35-25-11-15-27(16-12-25)41-31(23-7-5-22(6-8-23)30-21-38-33(40-30)28-3-1-19-36-28)17-18-32(41)24-9-13-26(14-10-24)39-34(42)29-4-2-20-37-29;/h5-16,21,28-29,31-32,36-37H,1-4,17-20H2,(H,38,40)(H,39,42);1H/t28-,29?,31?,32?;/m0./s1. The Kier molecular flexibility index (Phi) is 8.79. The van der Waals surface area contributed by atoms with E-state index in [0.29, 0.717) is 6.04 Å². The number of H-pyrrole nitrogens is 1. The van der Waals surface area contributed by atoms with Crippen molar-refractivity contribution in [3.63, 3.8) is 0 Å². The molecule has 4 atom stereocenters. The maximum Gasteiger partial charge on any atom is 0.241 e. The lowest BCUT2D eigenvalue weighted by Crippen LogP contribution is -2.35. The second-order valence-electron chi connectivity index (χ2n) is 11.7. The fraction of sp³-hybridized carbons (Fsp3) is 0.353. The average molecular weight is 601 g/mol. The molecule has 3 aliphatic heterocycles. The number of benzene rings is 3. The van der Waals surface area contributed by atoms with E-state index < -0.39 is 0 Å². The number of anilines is 2. The van der Waals surface area contributed by atoms with E-state index in [4.69, 9.17) is 0 Å². The molecule has 3 aromatic carbocycles. The third-order valence-electron chi connectivity index (χ3n) is 9.04. The second-order valence-corrected chi connectivity index (χ2v) is 11.7. The maximum atomic E-state index is 13.9. The van der Waals surface area contributed by atoms with E-state index in [1.54, 1.807) is 0 Å². The van der Waals surface area contributed by atoms with Crippen molar-refractivity contribution in [2.45, 2.75) is 62.7 Å². The lowest BCUT2D eigenvalue weighted by atomic mass is 10.0. The third-order valence-corrected chi connectivity index (χ3v) is 9.04. The first-order valence-corrected chi connectivity index (χ1v) is 15.2. The van der Waals surface area contributed by atoms with Crippen LogP contribution in [0.15, 0.2) is 79.0 Å². The number of rotatable bonds is 7. The fourth-order valence-electron chi connectivity index (χ4n) is 6.83. The van der Waals surface area contributed by atoms with Crippen LogP contribution in [0.5, 0.6) is 0 Å². The van der Waals surface area contributed by atoms with Gasteiger partial charge in [0.1, 0.15) is 11.6 Å². The fourth-order valence-corrected chi connectivity index (χ4v) is 6.83. The summed E-state index contributed by atoms with van der Waals surface area (Å²) in [6.07, 6.45) is 8.09. The van der Waals surface area contributed by atoms with Gasteiger partial charge in [-0.05, 0) is 105 Å². The summed E-state index contributed by atoms with van der Waals surface area (Å²) >= 11 is 0. The predicted molar refractivity (Wildman–Crippen MR) is 171 cm³/mol. The van der Waals surface area contributed by atoms with E-state index in [-0.39, 0.29) is 42.3 Å². The first-order chi connectivity index (χ1) is 20.6. The lowest BCUT2D eigenvalue weighted by molar-refractivity contribution is -0.117. The summed E-state index contributed by atoms with van der Waals surface area (Å²) < 4.78 is 13.9. The summed E-state index contributed by atoms with van der Waals surface area (Å²) in [5, 5.41) is 9.81. The number of carbonyl (C=O) groups excluding carboxylic acids is 1. The van der Waals surface area contributed by atoms with Gasteiger partial charge in [-0.3, -0.25) is 4.79 Å². The van der Waals surface area contributed by atoms with Crippen molar-refractivity contribution < 1.29 is 9.18 Å². The number of imidazole rings is 1. The Morgan fingerprint density at radius 1 is 0.814 bits per heavy atom. The topological polar surface area (TPSA) is 85.1 Å². The number of hydrogen-bond acceptors (Lipinski definition) is 5. The van der Waals surface area contributed by atoms with Gasteiger partial charge in [0.15, 0.2) is 0 Å². The van der Waals surface area contributed by atoms with Crippen LogP contribution < -0.4 is 20.9 Å². The molecule has 43 heavy (non-hydrogen) atoms. The van der Waals surface area contributed by atoms with Crippen LogP contribution in [0.1, 0.15) is 73.6 Å². The van der Waals surface area contributed by atoms with Gasteiger partial charge in [0.2, 0.25) is 5.91 Å².